The van der Waals surface area contributed by atoms with Gasteiger partial charge in [-0.3, -0.25) is 0 Å². The molecule has 0 aromatic carbocycles. The summed E-state index contributed by atoms with van der Waals surface area (Å²) >= 11 is 0. The van der Waals surface area contributed by atoms with E-state index in [4.69, 9.17) is 0 Å². The van der Waals surface area contributed by atoms with Crippen molar-refractivity contribution in [3.63, 3.8) is 0 Å². The minimum atomic E-state index is 0.182. The third kappa shape index (κ3) is 3.67. The summed E-state index contributed by atoms with van der Waals surface area (Å²) in [6.07, 6.45) is 5.06. The standard InChI is InChI=1S/C12H23N3/c1-6-11(9-14-12(3,4)5)15-8-7-13-10(15)2/h7-8,11,14H,6,9H2,1-5H3. The quantitative estimate of drug-likeness (QED) is 0.826. The molecule has 15 heavy (non-hydrogen) atoms. The zero-order valence-electron chi connectivity index (χ0n) is 10.5. The number of nitrogens with one attached hydrogen (secondary N) is 1. The zero-order valence-corrected chi connectivity index (χ0v) is 10.5. The molecule has 0 saturated carbocycles. The second-order valence-corrected chi connectivity index (χ2v) is 5.07. The monoisotopic (exact) mass is 209 g/mol. The lowest BCUT2D eigenvalue weighted by atomic mass is 10.1. The Balaban J connectivity index is 2.61. The highest BCUT2D eigenvalue weighted by Gasteiger charge is 2.14. The van der Waals surface area contributed by atoms with Crippen LogP contribution in [0.25, 0.3) is 0 Å². The molecule has 1 aromatic rings. The van der Waals surface area contributed by atoms with Crippen molar-refractivity contribution in [3.8, 4) is 0 Å². The van der Waals surface area contributed by atoms with E-state index < -0.39 is 0 Å². The van der Waals surface area contributed by atoms with Crippen LogP contribution in [0, 0.1) is 6.92 Å². The maximum absolute atomic E-state index is 4.27. The van der Waals surface area contributed by atoms with Crippen LogP contribution in [-0.2, 0) is 0 Å². The molecule has 1 aromatic heterocycles. The Morgan fingerprint density at radius 2 is 2.13 bits per heavy atom. The number of imidazole rings is 1. The molecule has 0 fully saturated rings. The smallest absolute Gasteiger partial charge is 0.105 e. The first-order valence-electron chi connectivity index (χ1n) is 5.68. The van der Waals surface area contributed by atoms with Crippen molar-refractivity contribution in [1.29, 1.82) is 0 Å². The fraction of sp³-hybridized carbons (Fsp3) is 0.750. The predicted octanol–water partition coefficient (Wildman–Crippen LogP) is 2.53. The molecule has 3 heteroatoms. The van der Waals surface area contributed by atoms with Crippen molar-refractivity contribution < 1.29 is 0 Å². The molecule has 3 nitrogen and oxygen atoms in total. The maximum atomic E-state index is 4.27. The van der Waals surface area contributed by atoms with Crippen LogP contribution >= 0.6 is 0 Å². The lowest BCUT2D eigenvalue weighted by Gasteiger charge is -2.26. The van der Waals surface area contributed by atoms with Gasteiger partial charge in [-0.15, -0.1) is 0 Å². The number of hydrogen-bond donors (Lipinski definition) is 1. The van der Waals surface area contributed by atoms with Crippen LogP contribution in [0.4, 0.5) is 0 Å². The van der Waals surface area contributed by atoms with Gasteiger partial charge >= 0.3 is 0 Å². The highest BCUT2D eigenvalue weighted by Crippen LogP contribution is 2.13. The molecule has 1 rings (SSSR count). The third-order valence-corrected chi connectivity index (χ3v) is 2.59. The SMILES string of the molecule is CCC(CNC(C)(C)C)n1ccnc1C. The van der Waals surface area contributed by atoms with Crippen molar-refractivity contribution in [3.05, 3.63) is 18.2 Å². The van der Waals surface area contributed by atoms with Crippen molar-refractivity contribution in [2.45, 2.75) is 52.6 Å². The van der Waals surface area contributed by atoms with E-state index in [9.17, 15) is 0 Å². The minimum absolute atomic E-state index is 0.182. The van der Waals surface area contributed by atoms with E-state index in [1.807, 2.05) is 6.20 Å². The van der Waals surface area contributed by atoms with Crippen LogP contribution in [0.2, 0.25) is 0 Å². The van der Waals surface area contributed by atoms with Gasteiger partial charge in [-0.2, -0.15) is 0 Å². The minimum Gasteiger partial charge on any atom is -0.331 e. The second-order valence-electron chi connectivity index (χ2n) is 5.07. The van der Waals surface area contributed by atoms with Crippen LogP contribution in [-0.4, -0.2) is 21.6 Å². The maximum Gasteiger partial charge on any atom is 0.105 e. The Labute approximate surface area is 92.9 Å². The molecule has 0 radical (unpaired) electrons. The molecule has 1 unspecified atom stereocenters. The van der Waals surface area contributed by atoms with E-state index in [0.717, 1.165) is 18.8 Å². The largest absolute Gasteiger partial charge is 0.331 e. The average Bonchev–Trinajstić information content (AvgIpc) is 2.52. The first kappa shape index (κ1) is 12.2. The summed E-state index contributed by atoms with van der Waals surface area (Å²) in [6.45, 7) is 11.9. The summed E-state index contributed by atoms with van der Waals surface area (Å²) < 4.78 is 2.25. The lowest BCUT2D eigenvalue weighted by molar-refractivity contribution is 0.358. The molecule has 0 bridgehead atoms. The molecule has 1 atom stereocenters. The van der Waals surface area contributed by atoms with Gasteiger partial charge in [0.1, 0.15) is 5.82 Å². The fourth-order valence-corrected chi connectivity index (χ4v) is 1.64. The van der Waals surface area contributed by atoms with Crippen LogP contribution in [0.5, 0.6) is 0 Å². The molecular formula is C12H23N3. The summed E-state index contributed by atoms with van der Waals surface area (Å²) in [5, 5.41) is 3.54. The Morgan fingerprint density at radius 3 is 2.53 bits per heavy atom. The molecule has 0 aliphatic rings. The number of aromatic nitrogens is 2. The number of rotatable bonds is 4. The first-order chi connectivity index (χ1) is 6.94. The summed E-state index contributed by atoms with van der Waals surface area (Å²) in [6, 6.07) is 0.506. The molecule has 0 aliphatic heterocycles. The Bertz CT molecular complexity index is 296. The van der Waals surface area contributed by atoms with E-state index in [2.05, 4.69) is 55.7 Å². The molecule has 1 N–H and O–H groups in total. The van der Waals surface area contributed by atoms with Gasteiger partial charge < -0.3 is 9.88 Å². The molecule has 0 saturated heterocycles. The van der Waals surface area contributed by atoms with E-state index in [1.54, 1.807) is 0 Å². The molecule has 1 heterocycles. The van der Waals surface area contributed by atoms with Gasteiger partial charge in [-0.1, -0.05) is 6.92 Å². The summed E-state index contributed by atoms with van der Waals surface area (Å²) in [7, 11) is 0. The van der Waals surface area contributed by atoms with Gasteiger partial charge in [0, 0.05) is 30.5 Å². The summed E-state index contributed by atoms with van der Waals surface area (Å²) in [5.41, 5.74) is 0.182. The van der Waals surface area contributed by atoms with Crippen molar-refractivity contribution in [1.82, 2.24) is 14.9 Å². The highest BCUT2D eigenvalue weighted by molar-refractivity contribution is 4.93. The lowest BCUT2D eigenvalue weighted by Crippen LogP contribution is -2.39. The van der Waals surface area contributed by atoms with E-state index in [-0.39, 0.29) is 5.54 Å². The normalized spacial score (nSPS) is 14.2. The van der Waals surface area contributed by atoms with Gasteiger partial charge in [-0.25, -0.2) is 4.98 Å². The molecule has 86 valence electrons. The topological polar surface area (TPSA) is 29.9 Å². The highest BCUT2D eigenvalue weighted by atomic mass is 15.1. The fourth-order valence-electron chi connectivity index (χ4n) is 1.64. The average molecular weight is 209 g/mol. The Morgan fingerprint density at radius 1 is 1.47 bits per heavy atom. The van der Waals surface area contributed by atoms with Crippen molar-refractivity contribution in [2.24, 2.45) is 0 Å². The van der Waals surface area contributed by atoms with Gasteiger partial charge in [0.2, 0.25) is 0 Å². The van der Waals surface area contributed by atoms with Crippen LogP contribution < -0.4 is 5.32 Å². The van der Waals surface area contributed by atoms with Crippen molar-refractivity contribution in [2.75, 3.05) is 6.54 Å². The van der Waals surface area contributed by atoms with E-state index >= 15 is 0 Å². The number of nitrogens with zero attached hydrogens (tertiary/aromatic N) is 2. The zero-order chi connectivity index (χ0) is 11.5. The first-order valence-corrected chi connectivity index (χ1v) is 5.68. The number of hydrogen-bond acceptors (Lipinski definition) is 2. The molecule has 0 spiro atoms. The van der Waals surface area contributed by atoms with Crippen LogP contribution in [0.3, 0.4) is 0 Å². The number of aryl methyl sites for hydroxylation is 1. The molecule has 0 aliphatic carbocycles. The van der Waals surface area contributed by atoms with Crippen LogP contribution in [0.1, 0.15) is 46.0 Å². The Kier molecular flexibility index (Phi) is 3.91. The van der Waals surface area contributed by atoms with E-state index in [1.165, 1.54) is 0 Å². The molecule has 0 amide bonds. The Hall–Kier alpha value is -0.830. The summed E-state index contributed by atoms with van der Waals surface area (Å²) in [4.78, 5) is 4.27. The summed E-state index contributed by atoms with van der Waals surface area (Å²) in [5.74, 6) is 1.09. The second kappa shape index (κ2) is 4.79. The van der Waals surface area contributed by atoms with E-state index in [0.29, 0.717) is 6.04 Å². The predicted molar refractivity (Wildman–Crippen MR) is 64.0 cm³/mol. The van der Waals surface area contributed by atoms with Crippen molar-refractivity contribution >= 4 is 0 Å². The van der Waals surface area contributed by atoms with Gasteiger partial charge in [-0.05, 0) is 34.1 Å². The molecular weight excluding hydrogens is 186 g/mol. The van der Waals surface area contributed by atoms with Gasteiger partial charge in [0.25, 0.3) is 0 Å². The van der Waals surface area contributed by atoms with Crippen LogP contribution in [0.15, 0.2) is 12.4 Å². The van der Waals surface area contributed by atoms with Gasteiger partial charge in [0.15, 0.2) is 0 Å². The third-order valence-electron chi connectivity index (χ3n) is 2.59. The van der Waals surface area contributed by atoms with Gasteiger partial charge in [0.05, 0.1) is 0 Å².